The van der Waals surface area contributed by atoms with E-state index >= 15 is 0 Å². The molecule has 0 radical (unpaired) electrons. The van der Waals surface area contributed by atoms with E-state index in [2.05, 4.69) is 20.2 Å². The number of rotatable bonds is 4. The summed E-state index contributed by atoms with van der Waals surface area (Å²) in [7, 11) is 1.97. The zero-order valence-corrected chi connectivity index (χ0v) is 15.6. The van der Waals surface area contributed by atoms with Crippen LogP contribution in [0.3, 0.4) is 0 Å². The largest absolute Gasteiger partial charge is 0.338 e. The number of carbonyl (C=O) groups excluding carboxylic acids is 1. The lowest BCUT2D eigenvalue weighted by Crippen LogP contribution is -2.39. The number of nitriles is 1. The molecule has 0 unspecified atom stereocenters. The fraction of sp³-hybridized carbons (Fsp3) is 0.368. The number of imidazole rings is 1. The van der Waals surface area contributed by atoms with Gasteiger partial charge in [0.1, 0.15) is 17.6 Å². The fourth-order valence-corrected chi connectivity index (χ4v) is 3.55. The molecule has 0 N–H and O–H groups in total. The van der Waals surface area contributed by atoms with Crippen LogP contribution in [0, 0.1) is 11.3 Å². The number of hydrogen-bond acceptors (Lipinski definition) is 6. The minimum absolute atomic E-state index is 0.0671. The van der Waals surface area contributed by atoms with Gasteiger partial charge in [0.2, 0.25) is 0 Å². The second-order valence-corrected chi connectivity index (χ2v) is 6.90. The van der Waals surface area contributed by atoms with Gasteiger partial charge < -0.3 is 14.0 Å². The molecule has 4 rings (SSSR count). The Morgan fingerprint density at radius 1 is 1.36 bits per heavy atom. The van der Waals surface area contributed by atoms with E-state index < -0.39 is 0 Å². The summed E-state index contributed by atoms with van der Waals surface area (Å²) in [6.45, 7) is 1.90. The van der Waals surface area contributed by atoms with Crippen LogP contribution in [0.15, 0.2) is 37.1 Å². The zero-order chi connectivity index (χ0) is 19.5. The van der Waals surface area contributed by atoms with Crippen LogP contribution in [0.25, 0.3) is 0 Å². The van der Waals surface area contributed by atoms with Crippen molar-refractivity contribution in [3.8, 4) is 6.07 Å². The molecule has 9 heteroatoms. The molecule has 0 spiro atoms. The number of nitrogens with zero attached hydrogens (tertiary/aromatic N) is 8. The van der Waals surface area contributed by atoms with Crippen molar-refractivity contribution in [1.29, 1.82) is 5.26 Å². The lowest BCUT2D eigenvalue weighted by atomic mass is 9.96. The molecule has 28 heavy (non-hydrogen) atoms. The first-order chi connectivity index (χ1) is 13.7. The number of piperidine rings is 1. The molecule has 1 atom stereocenters. The number of hydrogen-bond donors (Lipinski definition) is 0. The molecule has 1 aliphatic rings. The quantitative estimate of drug-likeness (QED) is 0.680. The molecule has 9 nitrogen and oxygen atoms in total. The van der Waals surface area contributed by atoms with Crippen LogP contribution in [-0.4, -0.2) is 53.2 Å². The Kier molecular flexibility index (Phi) is 4.85. The van der Waals surface area contributed by atoms with E-state index in [0.29, 0.717) is 30.9 Å². The van der Waals surface area contributed by atoms with Crippen LogP contribution >= 0.6 is 0 Å². The molecule has 0 aliphatic carbocycles. The number of amides is 1. The Morgan fingerprint density at radius 3 is 2.96 bits per heavy atom. The van der Waals surface area contributed by atoms with E-state index in [-0.39, 0.29) is 11.8 Å². The summed E-state index contributed by atoms with van der Waals surface area (Å²) in [5.74, 6) is 1.82. The predicted octanol–water partition coefficient (Wildman–Crippen LogP) is 1.35. The van der Waals surface area contributed by atoms with Crippen LogP contribution in [0.1, 0.15) is 46.5 Å². The summed E-state index contributed by atoms with van der Waals surface area (Å²) in [5.41, 5.74) is 0.802. The van der Waals surface area contributed by atoms with Gasteiger partial charge in [-0.2, -0.15) is 5.26 Å². The van der Waals surface area contributed by atoms with Crippen molar-refractivity contribution < 1.29 is 4.79 Å². The van der Waals surface area contributed by atoms with Crippen molar-refractivity contribution in [1.82, 2.24) is 34.2 Å². The van der Waals surface area contributed by atoms with Gasteiger partial charge >= 0.3 is 0 Å². The average molecular weight is 376 g/mol. The lowest BCUT2D eigenvalue weighted by molar-refractivity contribution is 0.0703. The molecule has 1 saturated heterocycles. The van der Waals surface area contributed by atoms with Crippen LogP contribution in [0.2, 0.25) is 0 Å². The summed E-state index contributed by atoms with van der Waals surface area (Å²) in [5, 5.41) is 17.6. The first-order valence-electron chi connectivity index (χ1n) is 9.15. The molecular formula is C19H20N8O. The Bertz CT molecular complexity index is 1000. The molecule has 0 aromatic carbocycles. The van der Waals surface area contributed by atoms with Gasteiger partial charge in [-0.15, -0.1) is 10.2 Å². The van der Waals surface area contributed by atoms with Crippen molar-refractivity contribution in [3.05, 3.63) is 60.0 Å². The Morgan fingerprint density at radius 2 is 2.25 bits per heavy atom. The molecule has 4 heterocycles. The lowest BCUT2D eigenvalue weighted by Gasteiger charge is -2.32. The minimum Gasteiger partial charge on any atom is -0.338 e. The third-order valence-electron chi connectivity index (χ3n) is 5.08. The van der Waals surface area contributed by atoms with Gasteiger partial charge in [0.25, 0.3) is 5.91 Å². The van der Waals surface area contributed by atoms with Gasteiger partial charge in [0, 0.05) is 44.6 Å². The monoisotopic (exact) mass is 376 g/mol. The van der Waals surface area contributed by atoms with Crippen molar-refractivity contribution >= 4 is 5.91 Å². The van der Waals surface area contributed by atoms with Gasteiger partial charge in [0.05, 0.1) is 18.4 Å². The van der Waals surface area contributed by atoms with E-state index in [1.54, 1.807) is 24.7 Å². The second kappa shape index (κ2) is 7.60. The highest BCUT2D eigenvalue weighted by atomic mass is 16.2. The first kappa shape index (κ1) is 17.9. The van der Waals surface area contributed by atoms with E-state index in [9.17, 15) is 4.79 Å². The topological polar surface area (TPSA) is 106 Å². The van der Waals surface area contributed by atoms with Crippen molar-refractivity contribution in [2.45, 2.75) is 25.3 Å². The van der Waals surface area contributed by atoms with Gasteiger partial charge in [-0.25, -0.2) is 9.97 Å². The first-order valence-corrected chi connectivity index (χ1v) is 9.15. The molecule has 1 amide bonds. The van der Waals surface area contributed by atoms with Gasteiger partial charge in [-0.3, -0.25) is 4.79 Å². The Labute approximate surface area is 162 Å². The summed E-state index contributed by atoms with van der Waals surface area (Å²) in [6.07, 6.45) is 8.72. The maximum absolute atomic E-state index is 12.8. The van der Waals surface area contributed by atoms with Gasteiger partial charge in [0.15, 0.2) is 5.82 Å². The van der Waals surface area contributed by atoms with E-state index in [4.69, 9.17) is 5.26 Å². The molecule has 1 aliphatic heterocycles. The average Bonchev–Trinajstić information content (AvgIpc) is 3.38. The van der Waals surface area contributed by atoms with E-state index in [0.717, 1.165) is 24.5 Å². The van der Waals surface area contributed by atoms with Crippen LogP contribution in [0.4, 0.5) is 0 Å². The van der Waals surface area contributed by atoms with Crippen LogP contribution < -0.4 is 0 Å². The normalized spacial score (nSPS) is 16.7. The Hall–Kier alpha value is -3.54. The smallest absolute Gasteiger partial charge is 0.255 e. The minimum atomic E-state index is -0.0671. The number of carbonyl (C=O) groups is 1. The number of likely N-dealkylation sites (tertiary alicyclic amines) is 1. The standard InChI is InChI=1S/C19H20N8O/c1-25-17(12-26-8-6-21-13-26)23-24-18(25)15-3-2-7-27(11-15)19(28)14-4-5-16(9-20)22-10-14/h4-6,8,10,13,15H,2-3,7,11-12H2,1H3/t15-/m1/s1. The molecule has 3 aromatic rings. The molecule has 142 valence electrons. The second-order valence-electron chi connectivity index (χ2n) is 6.90. The predicted molar refractivity (Wildman–Crippen MR) is 99.2 cm³/mol. The number of aromatic nitrogens is 6. The summed E-state index contributed by atoms with van der Waals surface area (Å²) < 4.78 is 3.96. The van der Waals surface area contributed by atoms with Gasteiger partial charge in [-0.05, 0) is 25.0 Å². The highest BCUT2D eigenvalue weighted by molar-refractivity contribution is 5.94. The summed E-state index contributed by atoms with van der Waals surface area (Å²) in [6, 6.07) is 5.19. The Balaban J connectivity index is 1.48. The van der Waals surface area contributed by atoms with Crippen LogP contribution in [0.5, 0.6) is 0 Å². The van der Waals surface area contributed by atoms with Crippen molar-refractivity contribution in [2.75, 3.05) is 13.1 Å². The van der Waals surface area contributed by atoms with E-state index in [1.807, 2.05) is 33.3 Å². The molecular weight excluding hydrogens is 356 g/mol. The summed E-state index contributed by atoms with van der Waals surface area (Å²) >= 11 is 0. The van der Waals surface area contributed by atoms with Gasteiger partial charge in [-0.1, -0.05) is 0 Å². The highest BCUT2D eigenvalue weighted by Gasteiger charge is 2.29. The van der Waals surface area contributed by atoms with Crippen molar-refractivity contribution in [2.24, 2.45) is 7.05 Å². The van der Waals surface area contributed by atoms with E-state index in [1.165, 1.54) is 6.20 Å². The maximum Gasteiger partial charge on any atom is 0.255 e. The molecule has 3 aromatic heterocycles. The highest BCUT2D eigenvalue weighted by Crippen LogP contribution is 2.26. The third-order valence-corrected chi connectivity index (χ3v) is 5.08. The molecule has 0 saturated carbocycles. The molecule has 0 bridgehead atoms. The summed E-state index contributed by atoms with van der Waals surface area (Å²) in [4.78, 5) is 22.7. The fourth-order valence-electron chi connectivity index (χ4n) is 3.55. The third kappa shape index (κ3) is 3.49. The van der Waals surface area contributed by atoms with Crippen molar-refractivity contribution in [3.63, 3.8) is 0 Å². The number of pyridine rings is 1. The SMILES string of the molecule is Cn1c(Cn2ccnc2)nnc1[C@@H]1CCCN(C(=O)c2ccc(C#N)nc2)C1. The van der Waals surface area contributed by atoms with Crippen LogP contribution in [-0.2, 0) is 13.6 Å². The maximum atomic E-state index is 12.8. The zero-order valence-electron chi connectivity index (χ0n) is 15.6. The molecule has 1 fully saturated rings.